The molecule has 25 heavy (non-hydrogen) atoms. The molecule has 1 aliphatic heterocycles. The quantitative estimate of drug-likeness (QED) is 0.704. The average molecular weight is 381 g/mol. The number of primary amides is 1. The molecule has 0 saturated carbocycles. The molecule has 6 nitrogen and oxygen atoms in total. The maximum absolute atomic E-state index is 13.3. The molecule has 4 N–H and O–H groups in total. The third-order valence-corrected chi connectivity index (χ3v) is 3.84. The van der Waals surface area contributed by atoms with E-state index >= 15 is 0 Å². The molecule has 1 unspecified atom stereocenters. The van der Waals surface area contributed by atoms with Crippen LogP contribution >= 0.6 is 12.4 Å². The number of amides is 2. The van der Waals surface area contributed by atoms with Crippen molar-refractivity contribution in [3.63, 3.8) is 0 Å². The lowest BCUT2D eigenvalue weighted by Crippen LogP contribution is -2.57. The number of halogens is 4. The first-order chi connectivity index (χ1) is 11.3. The van der Waals surface area contributed by atoms with Gasteiger partial charge in [0.1, 0.15) is 6.04 Å². The standard InChI is InChI=1S/C15H19F3N4O2.ClH/c16-15(17,18)12(22-6-4-20-5-7-22)9-21-14(24)11-3-1-2-10(8-11)13(19)23;/h1-3,8,12,20H,4-7,9H2,(H2,19,23)(H,21,24);1H. The van der Waals surface area contributed by atoms with E-state index in [2.05, 4.69) is 10.6 Å². The van der Waals surface area contributed by atoms with Crippen LogP contribution < -0.4 is 16.4 Å². The van der Waals surface area contributed by atoms with Gasteiger partial charge < -0.3 is 16.4 Å². The molecule has 2 amide bonds. The Bertz CT molecular complexity index is 607. The molecule has 1 aliphatic rings. The van der Waals surface area contributed by atoms with E-state index in [1.54, 1.807) is 0 Å². The normalized spacial score (nSPS) is 16.6. The van der Waals surface area contributed by atoms with Crippen LogP contribution in [-0.2, 0) is 0 Å². The van der Waals surface area contributed by atoms with Gasteiger partial charge in [0.25, 0.3) is 5.91 Å². The van der Waals surface area contributed by atoms with E-state index in [0.29, 0.717) is 13.1 Å². The van der Waals surface area contributed by atoms with E-state index in [0.717, 1.165) is 0 Å². The first-order valence-electron chi connectivity index (χ1n) is 7.48. The van der Waals surface area contributed by atoms with Gasteiger partial charge in [-0.05, 0) is 18.2 Å². The van der Waals surface area contributed by atoms with Gasteiger partial charge in [0.2, 0.25) is 5.91 Å². The molecule has 0 aromatic heterocycles. The van der Waals surface area contributed by atoms with Gasteiger partial charge in [-0.1, -0.05) is 6.07 Å². The summed E-state index contributed by atoms with van der Waals surface area (Å²) < 4.78 is 39.8. The third kappa shape index (κ3) is 5.87. The molecular formula is C15H20ClF3N4O2. The molecule has 0 radical (unpaired) electrons. The van der Waals surface area contributed by atoms with Gasteiger partial charge in [-0.2, -0.15) is 13.2 Å². The zero-order valence-electron chi connectivity index (χ0n) is 13.3. The molecule has 1 aromatic carbocycles. The monoisotopic (exact) mass is 380 g/mol. The fourth-order valence-corrected chi connectivity index (χ4v) is 2.55. The molecule has 1 fully saturated rings. The second kappa shape index (κ2) is 9.02. The number of hydrogen-bond acceptors (Lipinski definition) is 4. The molecule has 2 rings (SSSR count). The number of nitrogens with two attached hydrogens (primary N) is 1. The second-order valence-corrected chi connectivity index (χ2v) is 5.50. The minimum atomic E-state index is -4.44. The fraction of sp³-hybridized carbons (Fsp3) is 0.467. The Balaban J connectivity index is 0.00000312. The highest BCUT2D eigenvalue weighted by molar-refractivity contribution is 5.99. The molecule has 0 bridgehead atoms. The fourth-order valence-electron chi connectivity index (χ4n) is 2.55. The van der Waals surface area contributed by atoms with Crippen molar-refractivity contribution in [2.75, 3.05) is 32.7 Å². The second-order valence-electron chi connectivity index (χ2n) is 5.50. The van der Waals surface area contributed by atoms with Crippen molar-refractivity contribution in [2.45, 2.75) is 12.2 Å². The Morgan fingerprint density at radius 3 is 2.40 bits per heavy atom. The molecule has 1 saturated heterocycles. The maximum atomic E-state index is 13.3. The van der Waals surface area contributed by atoms with Crippen molar-refractivity contribution in [3.05, 3.63) is 35.4 Å². The highest BCUT2D eigenvalue weighted by Crippen LogP contribution is 2.24. The van der Waals surface area contributed by atoms with Crippen molar-refractivity contribution in [2.24, 2.45) is 5.73 Å². The predicted octanol–water partition coefficient (Wildman–Crippen LogP) is 0.773. The van der Waals surface area contributed by atoms with Crippen molar-refractivity contribution in [1.82, 2.24) is 15.5 Å². The number of carbonyl (C=O) groups excluding carboxylic acids is 2. The van der Waals surface area contributed by atoms with Crippen molar-refractivity contribution in [1.29, 1.82) is 0 Å². The lowest BCUT2D eigenvalue weighted by atomic mass is 10.1. The summed E-state index contributed by atoms with van der Waals surface area (Å²) >= 11 is 0. The predicted molar refractivity (Wildman–Crippen MR) is 88.8 cm³/mol. The lowest BCUT2D eigenvalue weighted by molar-refractivity contribution is -0.183. The molecule has 1 heterocycles. The Morgan fingerprint density at radius 2 is 1.84 bits per heavy atom. The SMILES string of the molecule is Cl.NC(=O)c1cccc(C(=O)NCC(N2CCNCC2)C(F)(F)F)c1. The van der Waals surface area contributed by atoms with E-state index in [1.165, 1.54) is 29.2 Å². The Kier molecular flexibility index (Phi) is 7.65. The topological polar surface area (TPSA) is 87.5 Å². The number of nitrogens with zero attached hydrogens (tertiary/aromatic N) is 1. The van der Waals surface area contributed by atoms with E-state index < -0.39 is 30.6 Å². The number of rotatable bonds is 5. The van der Waals surface area contributed by atoms with Crippen LogP contribution in [0.2, 0.25) is 0 Å². The third-order valence-electron chi connectivity index (χ3n) is 3.84. The van der Waals surface area contributed by atoms with Gasteiger partial charge in [0.05, 0.1) is 0 Å². The summed E-state index contributed by atoms with van der Waals surface area (Å²) in [5.74, 6) is -1.39. The highest BCUT2D eigenvalue weighted by atomic mass is 35.5. The van der Waals surface area contributed by atoms with E-state index in [4.69, 9.17) is 5.73 Å². The van der Waals surface area contributed by atoms with Crippen LogP contribution in [-0.4, -0.2) is 61.7 Å². The highest BCUT2D eigenvalue weighted by Gasteiger charge is 2.43. The van der Waals surface area contributed by atoms with Crippen molar-refractivity contribution < 1.29 is 22.8 Å². The summed E-state index contributed by atoms with van der Waals surface area (Å²) in [7, 11) is 0. The van der Waals surface area contributed by atoms with Gasteiger partial charge in [0, 0.05) is 43.9 Å². The minimum Gasteiger partial charge on any atom is -0.366 e. The lowest BCUT2D eigenvalue weighted by Gasteiger charge is -2.35. The zero-order chi connectivity index (χ0) is 17.7. The maximum Gasteiger partial charge on any atom is 0.405 e. The number of carbonyl (C=O) groups is 2. The van der Waals surface area contributed by atoms with Gasteiger partial charge in [-0.3, -0.25) is 14.5 Å². The van der Waals surface area contributed by atoms with Crippen LogP contribution in [0.25, 0.3) is 0 Å². The Labute approximate surface area is 149 Å². The van der Waals surface area contributed by atoms with Crippen LogP contribution in [0.3, 0.4) is 0 Å². The van der Waals surface area contributed by atoms with Crippen LogP contribution in [0.1, 0.15) is 20.7 Å². The molecule has 0 aliphatic carbocycles. The summed E-state index contributed by atoms with van der Waals surface area (Å²) in [6, 6.07) is 3.80. The molecule has 1 atom stereocenters. The van der Waals surface area contributed by atoms with Gasteiger partial charge >= 0.3 is 6.18 Å². The Morgan fingerprint density at radius 1 is 1.24 bits per heavy atom. The van der Waals surface area contributed by atoms with E-state index in [9.17, 15) is 22.8 Å². The van der Waals surface area contributed by atoms with Gasteiger partial charge in [0.15, 0.2) is 0 Å². The molecule has 10 heteroatoms. The number of benzene rings is 1. The van der Waals surface area contributed by atoms with Crippen LogP contribution in [0.4, 0.5) is 13.2 Å². The summed E-state index contributed by atoms with van der Waals surface area (Å²) in [4.78, 5) is 24.5. The van der Waals surface area contributed by atoms with Crippen LogP contribution in [0.15, 0.2) is 24.3 Å². The molecule has 1 aromatic rings. The number of piperazine rings is 1. The molecule has 140 valence electrons. The first-order valence-corrected chi connectivity index (χ1v) is 7.48. The number of alkyl halides is 3. The van der Waals surface area contributed by atoms with Crippen molar-refractivity contribution >= 4 is 24.2 Å². The summed E-state index contributed by atoms with van der Waals surface area (Å²) in [5.41, 5.74) is 5.34. The first kappa shape index (κ1) is 21.2. The van der Waals surface area contributed by atoms with E-state index in [1.807, 2.05) is 0 Å². The summed E-state index contributed by atoms with van der Waals surface area (Å²) in [6.45, 7) is 0.917. The summed E-state index contributed by atoms with van der Waals surface area (Å²) in [6.07, 6.45) is -4.44. The molecular weight excluding hydrogens is 361 g/mol. The average Bonchev–Trinajstić information content (AvgIpc) is 2.54. The van der Waals surface area contributed by atoms with E-state index in [-0.39, 0.29) is 36.6 Å². The largest absolute Gasteiger partial charge is 0.405 e. The van der Waals surface area contributed by atoms with Crippen LogP contribution in [0, 0.1) is 0 Å². The Hall–Kier alpha value is -1.84. The van der Waals surface area contributed by atoms with Gasteiger partial charge in [-0.15, -0.1) is 12.4 Å². The zero-order valence-corrected chi connectivity index (χ0v) is 14.1. The summed E-state index contributed by atoms with van der Waals surface area (Å²) in [5, 5.41) is 5.28. The smallest absolute Gasteiger partial charge is 0.366 e. The number of hydrogen-bond donors (Lipinski definition) is 3. The van der Waals surface area contributed by atoms with Gasteiger partial charge in [-0.25, -0.2) is 0 Å². The molecule has 0 spiro atoms. The van der Waals surface area contributed by atoms with Crippen LogP contribution in [0.5, 0.6) is 0 Å². The number of nitrogens with one attached hydrogen (secondary N) is 2. The minimum absolute atomic E-state index is 0. The van der Waals surface area contributed by atoms with Crippen molar-refractivity contribution in [3.8, 4) is 0 Å².